The van der Waals surface area contributed by atoms with Crippen molar-refractivity contribution in [2.45, 2.75) is 45.3 Å². The van der Waals surface area contributed by atoms with Crippen LogP contribution in [-0.4, -0.2) is 23.3 Å². The second-order valence-corrected chi connectivity index (χ2v) is 5.35. The monoisotopic (exact) mass is 248 g/mol. The summed E-state index contributed by atoms with van der Waals surface area (Å²) in [6.07, 6.45) is 5.46. The molecular formula is C15H20O3. The van der Waals surface area contributed by atoms with Gasteiger partial charge in [0, 0.05) is 17.9 Å². The van der Waals surface area contributed by atoms with Crippen LogP contribution >= 0.6 is 0 Å². The van der Waals surface area contributed by atoms with Gasteiger partial charge in [0.25, 0.3) is 0 Å². The largest absolute Gasteiger partial charge is 0.458 e. The SMILES string of the molecule is C=C1C(=O)OC2CC(C)=CC(O)CC(C)=CCC12. The Kier molecular flexibility index (Phi) is 3.71. The van der Waals surface area contributed by atoms with Gasteiger partial charge in [-0.15, -0.1) is 0 Å². The molecule has 0 amide bonds. The van der Waals surface area contributed by atoms with Crippen LogP contribution in [0, 0.1) is 5.92 Å². The van der Waals surface area contributed by atoms with E-state index in [1.807, 2.05) is 19.9 Å². The van der Waals surface area contributed by atoms with Crippen molar-refractivity contribution < 1.29 is 14.6 Å². The molecule has 3 heteroatoms. The molecule has 1 saturated heterocycles. The zero-order valence-electron chi connectivity index (χ0n) is 11.0. The van der Waals surface area contributed by atoms with Gasteiger partial charge in [-0.25, -0.2) is 4.79 Å². The molecule has 0 radical (unpaired) electrons. The van der Waals surface area contributed by atoms with Gasteiger partial charge in [-0.2, -0.15) is 0 Å². The van der Waals surface area contributed by atoms with E-state index in [9.17, 15) is 9.90 Å². The van der Waals surface area contributed by atoms with Gasteiger partial charge >= 0.3 is 5.97 Å². The molecule has 0 aromatic carbocycles. The number of ether oxygens (including phenoxy) is 1. The standard InChI is InChI=1S/C15H20O3/c1-9-4-5-13-11(3)15(17)18-14(13)8-10(2)7-12(16)6-9/h4,7,12-14,16H,3,5-6,8H2,1-2H3. The van der Waals surface area contributed by atoms with Crippen molar-refractivity contribution in [1.82, 2.24) is 0 Å². The molecule has 2 aliphatic rings. The second kappa shape index (κ2) is 5.11. The molecule has 3 atom stereocenters. The molecule has 1 heterocycles. The molecule has 2 rings (SSSR count). The van der Waals surface area contributed by atoms with E-state index in [0.717, 1.165) is 17.6 Å². The minimum Gasteiger partial charge on any atom is -0.458 e. The fraction of sp³-hybridized carbons (Fsp3) is 0.533. The van der Waals surface area contributed by atoms with E-state index in [4.69, 9.17) is 4.74 Å². The molecule has 0 saturated carbocycles. The van der Waals surface area contributed by atoms with Crippen molar-refractivity contribution in [3.05, 3.63) is 35.5 Å². The molecule has 98 valence electrons. The first-order chi connectivity index (χ1) is 8.47. The maximum absolute atomic E-state index is 11.6. The van der Waals surface area contributed by atoms with Gasteiger partial charge in [-0.1, -0.05) is 29.9 Å². The van der Waals surface area contributed by atoms with Gasteiger partial charge in [0.05, 0.1) is 6.10 Å². The molecule has 0 aromatic rings. The number of hydrogen-bond donors (Lipinski definition) is 1. The highest BCUT2D eigenvalue weighted by Gasteiger charge is 2.37. The van der Waals surface area contributed by atoms with E-state index in [1.54, 1.807) is 0 Å². The Morgan fingerprint density at radius 2 is 2.06 bits per heavy atom. The maximum atomic E-state index is 11.6. The van der Waals surface area contributed by atoms with Crippen molar-refractivity contribution in [2.24, 2.45) is 5.92 Å². The van der Waals surface area contributed by atoms with Gasteiger partial charge in [0.15, 0.2) is 0 Å². The molecule has 3 unspecified atom stereocenters. The third kappa shape index (κ3) is 2.72. The molecule has 0 spiro atoms. The third-order valence-electron chi connectivity index (χ3n) is 3.67. The molecule has 3 nitrogen and oxygen atoms in total. The van der Waals surface area contributed by atoms with Crippen LogP contribution in [0.2, 0.25) is 0 Å². The number of allylic oxidation sites excluding steroid dienone is 1. The van der Waals surface area contributed by atoms with E-state index in [1.165, 1.54) is 0 Å². The number of aliphatic hydroxyl groups is 1. The predicted octanol–water partition coefficient (Wildman–Crippen LogP) is 2.52. The number of rotatable bonds is 0. The molecular weight excluding hydrogens is 228 g/mol. The van der Waals surface area contributed by atoms with Crippen molar-refractivity contribution in [3.8, 4) is 0 Å². The molecule has 1 N–H and O–H groups in total. The molecule has 1 fully saturated rings. The lowest BCUT2D eigenvalue weighted by Crippen LogP contribution is -2.18. The van der Waals surface area contributed by atoms with Gasteiger partial charge in [-0.3, -0.25) is 0 Å². The summed E-state index contributed by atoms with van der Waals surface area (Å²) in [7, 11) is 0. The number of aliphatic hydroxyl groups excluding tert-OH is 1. The molecule has 0 bridgehead atoms. The normalized spacial score (nSPS) is 33.4. The summed E-state index contributed by atoms with van der Waals surface area (Å²) in [5.41, 5.74) is 2.78. The van der Waals surface area contributed by atoms with Gasteiger partial charge in [-0.05, 0) is 26.7 Å². The Morgan fingerprint density at radius 3 is 2.78 bits per heavy atom. The van der Waals surface area contributed by atoms with Crippen LogP contribution in [0.15, 0.2) is 35.5 Å². The summed E-state index contributed by atoms with van der Waals surface area (Å²) < 4.78 is 5.36. The van der Waals surface area contributed by atoms with Crippen molar-refractivity contribution >= 4 is 5.97 Å². The van der Waals surface area contributed by atoms with Crippen LogP contribution in [-0.2, 0) is 9.53 Å². The smallest absolute Gasteiger partial charge is 0.334 e. The van der Waals surface area contributed by atoms with Gasteiger partial charge in [0.1, 0.15) is 6.10 Å². The zero-order valence-corrected chi connectivity index (χ0v) is 11.0. The number of fused-ring (bicyclic) bond motifs is 1. The van der Waals surface area contributed by atoms with Crippen molar-refractivity contribution in [3.63, 3.8) is 0 Å². The second-order valence-electron chi connectivity index (χ2n) is 5.35. The van der Waals surface area contributed by atoms with Gasteiger partial charge < -0.3 is 9.84 Å². The average molecular weight is 248 g/mol. The summed E-state index contributed by atoms with van der Waals surface area (Å²) in [4.78, 5) is 11.6. The maximum Gasteiger partial charge on any atom is 0.334 e. The minimum absolute atomic E-state index is 0.0750. The number of esters is 1. The minimum atomic E-state index is -0.446. The summed E-state index contributed by atoms with van der Waals surface area (Å²) in [6, 6.07) is 0. The Bertz CT molecular complexity index is 431. The van der Waals surface area contributed by atoms with E-state index >= 15 is 0 Å². The average Bonchev–Trinajstić information content (AvgIpc) is 2.51. The van der Waals surface area contributed by atoms with Crippen LogP contribution in [0.5, 0.6) is 0 Å². The van der Waals surface area contributed by atoms with Crippen LogP contribution in [0.4, 0.5) is 0 Å². The van der Waals surface area contributed by atoms with E-state index in [2.05, 4.69) is 12.7 Å². The Morgan fingerprint density at radius 1 is 1.33 bits per heavy atom. The third-order valence-corrected chi connectivity index (χ3v) is 3.67. The highest BCUT2D eigenvalue weighted by atomic mass is 16.6. The lowest BCUT2D eigenvalue weighted by molar-refractivity contribution is -0.139. The number of carbonyl (C=O) groups excluding carboxylic acids is 1. The topological polar surface area (TPSA) is 46.5 Å². The predicted molar refractivity (Wildman–Crippen MR) is 69.9 cm³/mol. The van der Waals surface area contributed by atoms with Crippen LogP contribution < -0.4 is 0 Å². The first kappa shape index (κ1) is 13.1. The highest BCUT2D eigenvalue weighted by molar-refractivity contribution is 5.90. The number of hydrogen-bond acceptors (Lipinski definition) is 3. The summed E-state index contributed by atoms with van der Waals surface area (Å²) in [6.45, 7) is 7.81. The lowest BCUT2D eigenvalue weighted by Gasteiger charge is -2.19. The van der Waals surface area contributed by atoms with Gasteiger partial charge in [0.2, 0.25) is 0 Å². The van der Waals surface area contributed by atoms with E-state index < -0.39 is 6.10 Å². The summed E-state index contributed by atoms with van der Waals surface area (Å²) in [5.74, 6) is -0.199. The number of carbonyl (C=O) groups is 1. The molecule has 0 aromatic heterocycles. The van der Waals surface area contributed by atoms with E-state index in [0.29, 0.717) is 18.4 Å². The Balaban J connectivity index is 2.27. The Labute approximate surface area is 108 Å². The van der Waals surface area contributed by atoms with Crippen LogP contribution in [0.3, 0.4) is 0 Å². The molecule has 18 heavy (non-hydrogen) atoms. The van der Waals surface area contributed by atoms with E-state index in [-0.39, 0.29) is 18.0 Å². The zero-order chi connectivity index (χ0) is 13.3. The first-order valence-electron chi connectivity index (χ1n) is 6.38. The summed E-state index contributed by atoms with van der Waals surface area (Å²) >= 11 is 0. The van der Waals surface area contributed by atoms with Crippen LogP contribution in [0.1, 0.15) is 33.1 Å². The van der Waals surface area contributed by atoms with Crippen molar-refractivity contribution in [1.29, 1.82) is 0 Å². The van der Waals surface area contributed by atoms with Crippen LogP contribution in [0.25, 0.3) is 0 Å². The quantitative estimate of drug-likeness (QED) is 0.407. The first-order valence-corrected chi connectivity index (χ1v) is 6.38. The lowest BCUT2D eigenvalue weighted by atomic mass is 9.87. The highest BCUT2D eigenvalue weighted by Crippen LogP contribution is 2.34. The molecule has 1 aliphatic heterocycles. The fourth-order valence-corrected chi connectivity index (χ4v) is 2.66. The summed E-state index contributed by atoms with van der Waals surface area (Å²) in [5, 5.41) is 9.87. The molecule has 1 aliphatic carbocycles. The Hall–Kier alpha value is -1.35. The fourth-order valence-electron chi connectivity index (χ4n) is 2.66. The van der Waals surface area contributed by atoms with Crippen molar-refractivity contribution in [2.75, 3.05) is 0 Å².